The average molecular weight is 222 g/mol. The molecular weight excluding hydrogens is 204 g/mol. The van der Waals surface area contributed by atoms with Crippen molar-refractivity contribution in [2.24, 2.45) is 0 Å². The van der Waals surface area contributed by atoms with Crippen LogP contribution >= 0.6 is 0 Å². The molecule has 1 saturated carbocycles. The predicted octanol–water partition coefficient (Wildman–Crippen LogP) is 4.55. The van der Waals surface area contributed by atoms with Crippen molar-refractivity contribution in [3.05, 3.63) is 71.3 Å². The first-order valence-electron chi connectivity index (χ1n) is 6.40. The van der Waals surface area contributed by atoms with Crippen molar-refractivity contribution in [2.75, 3.05) is 0 Å². The van der Waals surface area contributed by atoms with Gasteiger partial charge in [-0.3, -0.25) is 0 Å². The molecule has 1 fully saturated rings. The fraction of sp³-hybridized carbons (Fsp3) is 0.294. The van der Waals surface area contributed by atoms with E-state index in [0.717, 1.165) is 12.8 Å². The van der Waals surface area contributed by atoms with Gasteiger partial charge in [-0.05, 0) is 30.4 Å². The van der Waals surface area contributed by atoms with E-state index in [9.17, 15) is 0 Å². The average Bonchev–Trinajstić information content (AvgIpc) is 3.04. The molecule has 0 radical (unpaired) electrons. The largest absolute Gasteiger partial charge is 0.0844 e. The number of benzene rings is 1. The summed E-state index contributed by atoms with van der Waals surface area (Å²) in [5.74, 6) is 0. The summed E-state index contributed by atoms with van der Waals surface area (Å²) in [7, 11) is 0. The van der Waals surface area contributed by atoms with Crippen LogP contribution in [0.1, 0.15) is 31.7 Å². The summed E-state index contributed by atoms with van der Waals surface area (Å²) in [5.41, 5.74) is 4.84. The third-order valence-electron chi connectivity index (χ3n) is 3.93. The van der Waals surface area contributed by atoms with E-state index in [4.69, 9.17) is 0 Å². The summed E-state index contributed by atoms with van der Waals surface area (Å²) in [6, 6.07) is 10.9. The van der Waals surface area contributed by atoms with E-state index >= 15 is 0 Å². The second-order valence-electron chi connectivity index (χ2n) is 5.23. The number of allylic oxidation sites excluding steroid dienone is 6. The standard InChI is InChI=1S/C17H18/c1-17(15-10-6-3-7-11-15)13-16(17)12-14-8-4-2-5-9-14/h2-4,6-7,9-12H,5,8,13H2,1H3. The van der Waals surface area contributed by atoms with Crippen molar-refractivity contribution in [2.45, 2.75) is 31.6 Å². The zero-order valence-electron chi connectivity index (χ0n) is 10.3. The van der Waals surface area contributed by atoms with Crippen molar-refractivity contribution < 1.29 is 0 Å². The first-order valence-corrected chi connectivity index (χ1v) is 6.40. The Hall–Kier alpha value is -1.56. The highest BCUT2D eigenvalue weighted by molar-refractivity contribution is 5.51. The predicted molar refractivity (Wildman–Crippen MR) is 73.0 cm³/mol. The monoisotopic (exact) mass is 222 g/mol. The van der Waals surface area contributed by atoms with Crippen LogP contribution in [0.3, 0.4) is 0 Å². The highest BCUT2D eigenvalue weighted by Crippen LogP contribution is 2.53. The van der Waals surface area contributed by atoms with Gasteiger partial charge in [0.2, 0.25) is 0 Å². The molecule has 0 spiro atoms. The fourth-order valence-electron chi connectivity index (χ4n) is 2.60. The molecule has 1 aromatic rings. The molecule has 0 N–H and O–H groups in total. The van der Waals surface area contributed by atoms with Crippen LogP contribution in [0.4, 0.5) is 0 Å². The Bertz CT molecular complexity index is 502. The van der Waals surface area contributed by atoms with Gasteiger partial charge in [-0.15, -0.1) is 0 Å². The smallest absolute Gasteiger partial charge is 0.0174 e. The molecule has 1 atom stereocenters. The summed E-state index contributed by atoms with van der Waals surface area (Å²) >= 11 is 0. The number of hydrogen-bond donors (Lipinski definition) is 0. The molecule has 0 bridgehead atoms. The van der Waals surface area contributed by atoms with E-state index in [1.54, 1.807) is 5.57 Å². The summed E-state index contributed by atoms with van der Waals surface area (Å²) in [6.45, 7) is 2.35. The van der Waals surface area contributed by atoms with Crippen LogP contribution in [-0.2, 0) is 5.41 Å². The van der Waals surface area contributed by atoms with Gasteiger partial charge in [0.05, 0.1) is 0 Å². The topological polar surface area (TPSA) is 0 Å². The molecule has 0 heteroatoms. The first kappa shape index (κ1) is 10.6. The Kier molecular flexibility index (Phi) is 2.51. The normalized spacial score (nSPS) is 29.2. The third kappa shape index (κ3) is 2.00. The lowest BCUT2D eigenvalue weighted by Gasteiger charge is -2.08. The highest BCUT2D eigenvalue weighted by Gasteiger charge is 2.45. The van der Waals surface area contributed by atoms with Crippen LogP contribution < -0.4 is 0 Å². The molecule has 2 aliphatic rings. The molecule has 17 heavy (non-hydrogen) atoms. The SMILES string of the molecule is CC1(c2ccccc2)CC1=CC1=CCC=CC1. The van der Waals surface area contributed by atoms with Crippen molar-refractivity contribution in [3.63, 3.8) is 0 Å². The van der Waals surface area contributed by atoms with E-state index < -0.39 is 0 Å². The van der Waals surface area contributed by atoms with Gasteiger partial charge in [-0.2, -0.15) is 0 Å². The molecular formula is C17H18. The van der Waals surface area contributed by atoms with Crippen LogP contribution in [-0.4, -0.2) is 0 Å². The summed E-state index contributed by atoms with van der Waals surface area (Å²) < 4.78 is 0. The maximum Gasteiger partial charge on any atom is 0.0174 e. The molecule has 1 aromatic carbocycles. The summed E-state index contributed by atoms with van der Waals surface area (Å²) in [6.07, 6.45) is 12.7. The highest BCUT2D eigenvalue weighted by atomic mass is 14.5. The molecule has 0 saturated heterocycles. The van der Waals surface area contributed by atoms with Crippen LogP contribution in [0, 0.1) is 0 Å². The van der Waals surface area contributed by atoms with Crippen molar-refractivity contribution in [1.82, 2.24) is 0 Å². The molecule has 0 nitrogen and oxygen atoms in total. The fourth-order valence-corrected chi connectivity index (χ4v) is 2.60. The van der Waals surface area contributed by atoms with Crippen molar-refractivity contribution in [1.29, 1.82) is 0 Å². The molecule has 1 unspecified atom stereocenters. The molecule has 2 aliphatic carbocycles. The van der Waals surface area contributed by atoms with Crippen molar-refractivity contribution >= 4 is 0 Å². The lowest BCUT2D eigenvalue weighted by molar-refractivity contribution is 0.820. The summed E-state index contributed by atoms with van der Waals surface area (Å²) in [5, 5.41) is 0. The zero-order valence-corrected chi connectivity index (χ0v) is 10.3. The van der Waals surface area contributed by atoms with Crippen molar-refractivity contribution in [3.8, 4) is 0 Å². The minimum atomic E-state index is 0.309. The minimum absolute atomic E-state index is 0.309. The Morgan fingerprint density at radius 3 is 2.65 bits per heavy atom. The maximum atomic E-state index is 2.41. The van der Waals surface area contributed by atoms with Gasteiger partial charge >= 0.3 is 0 Å². The minimum Gasteiger partial charge on any atom is -0.0844 e. The number of rotatable bonds is 2. The quantitative estimate of drug-likeness (QED) is 0.644. The Labute approximate surface area is 103 Å². The van der Waals surface area contributed by atoms with Crippen LogP contribution in [0.5, 0.6) is 0 Å². The Balaban J connectivity index is 1.81. The van der Waals surface area contributed by atoms with E-state index in [1.807, 2.05) is 0 Å². The molecule has 0 amide bonds. The van der Waals surface area contributed by atoms with E-state index in [0.29, 0.717) is 5.41 Å². The van der Waals surface area contributed by atoms with Gasteiger partial charge in [0.25, 0.3) is 0 Å². The molecule has 86 valence electrons. The first-order chi connectivity index (χ1) is 8.29. The molecule has 0 aromatic heterocycles. The second kappa shape index (κ2) is 4.03. The van der Waals surface area contributed by atoms with Crippen LogP contribution in [0.25, 0.3) is 0 Å². The van der Waals surface area contributed by atoms with Gasteiger partial charge in [0.1, 0.15) is 0 Å². The third-order valence-corrected chi connectivity index (χ3v) is 3.93. The van der Waals surface area contributed by atoms with E-state index in [1.165, 1.54) is 17.6 Å². The van der Waals surface area contributed by atoms with E-state index in [2.05, 4.69) is 61.6 Å². The van der Waals surface area contributed by atoms with Gasteiger partial charge in [-0.25, -0.2) is 0 Å². The van der Waals surface area contributed by atoms with Crippen LogP contribution in [0.2, 0.25) is 0 Å². The zero-order chi connectivity index (χ0) is 11.7. The Morgan fingerprint density at radius 2 is 1.94 bits per heavy atom. The van der Waals surface area contributed by atoms with Gasteiger partial charge < -0.3 is 0 Å². The maximum absolute atomic E-state index is 2.41. The van der Waals surface area contributed by atoms with Gasteiger partial charge in [0.15, 0.2) is 0 Å². The van der Waals surface area contributed by atoms with E-state index in [-0.39, 0.29) is 0 Å². The molecule has 3 rings (SSSR count). The summed E-state index contributed by atoms with van der Waals surface area (Å²) in [4.78, 5) is 0. The molecule has 0 aliphatic heterocycles. The number of hydrogen-bond acceptors (Lipinski definition) is 0. The molecule has 0 heterocycles. The van der Waals surface area contributed by atoms with Gasteiger partial charge in [0, 0.05) is 5.41 Å². The Morgan fingerprint density at radius 1 is 1.12 bits per heavy atom. The van der Waals surface area contributed by atoms with Crippen LogP contribution in [0.15, 0.2) is 65.8 Å². The van der Waals surface area contributed by atoms with Gasteiger partial charge in [-0.1, -0.05) is 67.1 Å². The second-order valence-corrected chi connectivity index (χ2v) is 5.23. The lowest BCUT2D eigenvalue weighted by Crippen LogP contribution is -1.99. The lowest BCUT2D eigenvalue weighted by atomic mass is 9.96.